The Hall–Kier alpha value is -1.82. The summed E-state index contributed by atoms with van der Waals surface area (Å²) in [5.41, 5.74) is 12.1. The molecule has 0 bridgehead atoms. The Balaban J connectivity index is 2.29. The molecule has 0 aliphatic heterocycles. The molecule has 0 aliphatic rings. The van der Waals surface area contributed by atoms with Crippen molar-refractivity contribution in [1.82, 2.24) is 4.98 Å². The van der Waals surface area contributed by atoms with Crippen molar-refractivity contribution in [1.29, 1.82) is 0 Å². The zero-order valence-corrected chi connectivity index (χ0v) is 9.19. The van der Waals surface area contributed by atoms with Gasteiger partial charge in [-0.15, -0.1) is 0 Å². The van der Waals surface area contributed by atoms with Gasteiger partial charge < -0.3 is 21.5 Å². The Labute approximate surface area is 94.0 Å². The zero-order valence-electron chi connectivity index (χ0n) is 9.19. The van der Waals surface area contributed by atoms with E-state index >= 15 is 0 Å². The highest BCUT2D eigenvalue weighted by atomic mass is 16.5. The van der Waals surface area contributed by atoms with Crippen LogP contribution in [-0.4, -0.2) is 30.6 Å². The Morgan fingerprint density at radius 1 is 1.62 bits per heavy atom. The van der Waals surface area contributed by atoms with E-state index in [2.05, 4.69) is 10.3 Å². The zero-order chi connectivity index (χ0) is 12.0. The summed E-state index contributed by atoms with van der Waals surface area (Å²) in [5, 5.41) is 3.07. The van der Waals surface area contributed by atoms with E-state index in [-0.39, 0.29) is 6.61 Å². The molecule has 0 spiro atoms. The van der Waals surface area contributed by atoms with E-state index in [9.17, 15) is 4.79 Å². The molecule has 1 rings (SSSR count). The summed E-state index contributed by atoms with van der Waals surface area (Å²) in [4.78, 5) is 14.5. The van der Waals surface area contributed by atoms with Gasteiger partial charge in [0.05, 0.1) is 18.5 Å². The van der Waals surface area contributed by atoms with E-state index in [4.69, 9.17) is 16.2 Å². The fourth-order valence-corrected chi connectivity index (χ4v) is 1.20. The highest BCUT2D eigenvalue weighted by Gasteiger charge is 1.99. The van der Waals surface area contributed by atoms with Crippen LogP contribution < -0.4 is 16.8 Å². The normalized spacial score (nSPS) is 10.1. The summed E-state index contributed by atoms with van der Waals surface area (Å²) < 4.78 is 4.99. The van der Waals surface area contributed by atoms with Crippen molar-refractivity contribution in [3.05, 3.63) is 17.8 Å². The van der Waals surface area contributed by atoms with Gasteiger partial charge in [0.25, 0.3) is 0 Å². The number of carbonyl (C=O) groups is 1. The number of pyridine rings is 1. The first kappa shape index (κ1) is 12.3. The number of carbonyl (C=O) groups excluding carboxylic acids is 1. The van der Waals surface area contributed by atoms with Gasteiger partial charge in [-0.2, -0.15) is 0 Å². The monoisotopic (exact) mass is 224 g/mol. The number of nitrogens with two attached hydrogens (primary N) is 2. The Morgan fingerprint density at radius 3 is 3.00 bits per heavy atom. The first-order valence-electron chi connectivity index (χ1n) is 4.91. The molecule has 0 radical (unpaired) electrons. The molecule has 6 heteroatoms. The predicted molar refractivity (Wildman–Crippen MR) is 61.9 cm³/mol. The van der Waals surface area contributed by atoms with Crippen molar-refractivity contribution < 1.29 is 9.53 Å². The number of aromatic nitrogens is 1. The standard InChI is InChI=1S/C10H16N4O2/c1-7-4-8(11)5-14-10(7)13-2-3-16-6-9(12)15/h4-5H,2-3,6,11H2,1H3,(H2,12,15)(H,13,14). The van der Waals surface area contributed by atoms with E-state index in [1.165, 1.54) is 0 Å². The quantitative estimate of drug-likeness (QED) is 0.585. The maximum absolute atomic E-state index is 10.4. The van der Waals surface area contributed by atoms with E-state index in [0.29, 0.717) is 18.8 Å². The number of hydrogen-bond acceptors (Lipinski definition) is 5. The molecule has 0 fully saturated rings. The van der Waals surface area contributed by atoms with Crippen molar-refractivity contribution in [2.45, 2.75) is 6.92 Å². The summed E-state index contributed by atoms with van der Waals surface area (Å²) in [6, 6.07) is 1.83. The molecule has 0 atom stereocenters. The lowest BCUT2D eigenvalue weighted by atomic mass is 10.2. The van der Waals surface area contributed by atoms with Crippen LogP contribution in [0.25, 0.3) is 0 Å². The third kappa shape index (κ3) is 4.14. The third-order valence-corrected chi connectivity index (χ3v) is 1.88. The summed E-state index contributed by atoms with van der Waals surface area (Å²) in [5.74, 6) is 0.290. The minimum absolute atomic E-state index is 0.0597. The molecule has 5 N–H and O–H groups in total. The summed E-state index contributed by atoms with van der Waals surface area (Å²) in [6.07, 6.45) is 1.58. The van der Waals surface area contributed by atoms with Gasteiger partial charge >= 0.3 is 0 Å². The van der Waals surface area contributed by atoms with Gasteiger partial charge in [-0.25, -0.2) is 4.98 Å². The second-order valence-corrected chi connectivity index (χ2v) is 3.38. The van der Waals surface area contributed by atoms with Crippen LogP contribution in [0.1, 0.15) is 5.56 Å². The van der Waals surface area contributed by atoms with Crippen molar-refractivity contribution in [3.8, 4) is 0 Å². The maximum Gasteiger partial charge on any atom is 0.243 e. The molecule has 1 aromatic heterocycles. The lowest BCUT2D eigenvalue weighted by Crippen LogP contribution is -2.20. The second-order valence-electron chi connectivity index (χ2n) is 3.38. The Morgan fingerprint density at radius 2 is 2.38 bits per heavy atom. The van der Waals surface area contributed by atoms with Crippen LogP contribution in [0.4, 0.5) is 11.5 Å². The smallest absolute Gasteiger partial charge is 0.243 e. The molecule has 0 aliphatic carbocycles. The number of nitrogens with one attached hydrogen (secondary N) is 1. The van der Waals surface area contributed by atoms with Crippen LogP contribution in [0.5, 0.6) is 0 Å². The second kappa shape index (κ2) is 5.92. The average Bonchev–Trinajstić information content (AvgIpc) is 2.20. The molecule has 88 valence electrons. The van der Waals surface area contributed by atoms with Crippen molar-refractivity contribution in [2.24, 2.45) is 5.73 Å². The van der Waals surface area contributed by atoms with Gasteiger partial charge in [0.15, 0.2) is 0 Å². The fourth-order valence-electron chi connectivity index (χ4n) is 1.20. The largest absolute Gasteiger partial charge is 0.397 e. The van der Waals surface area contributed by atoms with Gasteiger partial charge in [0.2, 0.25) is 5.91 Å². The highest BCUT2D eigenvalue weighted by Crippen LogP contribution is 2.13. The SMILES string of the molecule is Cc1cc(N)cnc1NCCOCC(N)=O. The molecule has 1 aromatic rings. The van der Waals surface area contributed by atoms with Crippen molar-refractivity contribution >= 4 is 17.4 Å². The highest BCUT2D eigenvalue weighted by molar-refractivity contribution is 5.74. The molecular weight excluding hydrogens is 208 g/mol. The Kier molecular flexibility index (Phi) is 4.53. The molecule has 0 saturated carbocycles. The number of aryl methyl sites for hydroxylation is 1. The summed E-state index contributed by atoms with van der Waals surface area (Å²) in [7, 11) is 0. The van der Waals surface area contributed by atoms with E-state index in [1.54, 1.807) is 6.20 Å². The van der Waals surface area contributed by atoms with Crippen LogP contribution in [-0.2, 0) is 9.53 Å². The molecule has 1 heterocycles. The van der Waals surface area contributed by atoms with Gasteiger partial charge in [-0.1, -0.05) is 0 Å². The van der Waals surface area contributed by atoms with Crippen LogP contribution in [0.3, 0.4) is 0 Å². The van der Waals surface area contributed by atoms with Crippen molar-refractivity contribution in [3.63, 3.8) is 0 Å². The number of rotatable bonds is 6. The number of anilines is 2. The summed E-state index contributed by atoms with van der Waals surface area (Å²) >= 11 is 0. The average molecular weight is 224 g/mol. The lowest BCUT2D eigenvalue weighted by Gasteiger charge is -2.08. The molecule has 0 aromatic carbocycles. The maximum atomic E-state index is 10.4. The number of ether oxygens (including phenoxy) is 1. The molecule has 16 heavy (non-hydrogen) atoms. The summed E-state index contributed by atoms with van der Waals surface area (Å²) in [6.45, 7) is 2.81. The number of nitrogen functional groups attached to an aromatic ring is 1. The van der Waals surface area contributed by atoms with E-state index in [1.807, 2.05) is 13.0 Å². The minimum Gasteiger partial charge on any atom is -0.397 e. The lowest BCUT2D eigenvalue weighted by molar-refractivity contribution is -0.122. The topological polar surface area (TPSA) is 103 Å². The number of primary amides is 1. The van der Waals surface area contributed by atoms with Crippen LogP contribution in [0, 0.1) is 6.92 Å². The first-order valence-corrected chi connectivity index (χ1v) is 4.91. The third-order valence-electron chi connectivity index (χ3n) is 1.88. The van der Waals surface area contributed by atoms with Crippen molar-refractivity contribution in [2.75, 3.05) is 30.8 Å². The number of hydrogen-bond donors (Lipinski definition) is 3. The van der Waals surface area contributed by atoms with Crippen LogP contribution >= 0.6 is 0 Å². The molecule has 6 nitrogen and oxygen atoms in total. The van der Waals surface area contributed by atoms with E-state index in [0.717, 1.165) is 11.4 Å². The van der Waals surface area contributed by atoms with Gasteiger partial charge in [-0.3, -0.25) is 4.79 Å². The fraction of sp³-hybridized carbons (Fsp3) is 0.400. The van der Waals surface area contributed by atoms with Crippen LogP contribution in [0.2, 0.25) is 0 Å². The number of nitrogens with zero attached hydrogens (tertiary/aromatic N) is 1. The first-order chi connectivity index (χ1) is 7.59. The Bertz CT molecular complexity index is 368. The molecular formula is C10H16N4O2. The predicted octanol–water partition coefficient (Wildman–Crippen LogP) is -0.114. The van der Waals surface area contributed by atoms with Gasteiger partial charge in [0.1, 0.15) is 12.4 Å². The van der Waals surface area contributed by atoms with Gasteiger partial charge in [-0.05, 0) is 18.6 Å². The minimum atomic E-state index is -0.471. The van der Waals surface area contributed by atoms with E-state index < -0.39 is 5.91 Å². The van der Waals surface area contributed by atoms with Gasteiger partial charge in [0, 0.05) is 6.54 Å². The molecule has 0 saturated heterocycles. The molecule has 0 unspecified atom stereocenters. The van der Waals surface area contributed by atoms with Crippen LogP contribution in [0.15, 0.2) is 12.3 Å². The molecule has 1 amide bonds. The number of amides is 1.